The van der Waals surface area contributed by atoms with Gasteiger partial charge in [0.2, 0.25) is 0 Å². The second-order valence-corrected chi connectivity index (χ2v) is 5.21. The van der Waals surface area contributed by atoms with Crippen molar-refractivity contribution in [1.82, 2.24) is 10.2 Å². The van der Waals surface area contributed by atoms with Crippen LogP contribution in [0, 0.1) is 5.92 Å². The van der Waals surface area contributed by atoms with Crippen molar-refractivity contribution in [3.8, 4) is 0 Å². The molecule has 0 aromatic heterocycles. The fraction of sp³-hybridized carbons (Fsp3) is 1.00. The first-order valence-electron chi connectivity index (χ1n) is 6.68. The van der Waals surface area contributed by atoms with Gasteiger partial charge in [-0.15, -0.1) is 0 Å². The van der Waals surface area contributed by atoms with E-state index < -0.39 is 0 Å². The van der Waals surface area contributed by atoms with Gasteiger partial charge in [-0.1, -0.05) is 27.2 Å². The van der Waals surface area contributed by atoms with Gasteiger partial charge in [-0.3, -0.25) is 4.90 Å². The molecule has 0 aliphatic carbocycles. The first-order chi connectivity index (χ1) is 7.24. The Kier molecular flexibility index (Phi) is 6.26. The molecule has 2 nitrogen and oxygen atoms in total. The number of piperidine rings is 1. The molecule has 1 heterocycles. The summed E-state index contributed by atoms with van der Waals surface area (Å²) in [7, 11) is 0. The molecule has 0 aromatic rings. The van der Waals surface area contributed by atoms with Gasteiger partial charge in [-0.05, 0) is 44.8 Å². The van der Waals surface area contributed by atoms with E-state index in [1.165, 1.54) is 45.3 Å². The summed E-state index contributed by atoms with van der Waals surface area (Å²) in [6, 6.07) is 0.768. The van der Waals surface area contributed by atoms with Crippen molar-refractivity contribution in [2.75, 3.05) is 26.2 Å². The van der Waals surface area contributed by atoms with Gasteiger partial charge in [0.05, 0.1) is 0 Å². The molecule has 0 aromatic carbocycles. The van der Waals surface area contributed by atoms with Gasteiger partial charge in [0.1, 0.15) is 0 Å². The highest BCUT2D eigenvalue weighted by Gasteiger charge is 2.18. The van der Waals surface area contributed by atoms with Gasteiger partial charge < -0.3 is 5.32 Å². The van der Waals surface area contributed by atoms with Crippen LogP contribution in [-0.4, -0.2) is 37.1 Å². The van der Waals surface area contributed by atoms with Crippen molar-refractivity contribution >= 4 is 0 Å². The molecular formula is C13H28N2. The Hall–Kier alpha value is -0.0800. The fourth-order valence-electron chi connectivity index (χ4n) is 2.35. The largest absolute Gasteiger partial charge is 0.315 e. The van der Waals surface area contributed by atoms with Gasteiger partial charge >= 0.3 is 0 Å². The number of likely N-dealkylation sites (tertiary alicyclic amines) is 1. The van der Waals surface area contributed by atoms with Gasteiger partial charge in [-0.25, -0.2) is 0 Å². The Labute approximate surface area is 95.4 Å². The quantitative estimate of drug-likeness (QED) is 0.728. The zero-order chi connectivity index (χ0) is 11.1. The molecule has 1 unspecified atom stereocenters. The van der Waals surface area contributed by atoms with E-state index in [0.29, 0.717) is 0 Å². The van der Waals surface area contributed by atoms with Crippen LogP contribution in [0.25, 0.3) is 0 Å². The third kappa shape index (κ3) is 4.98. The summed E-state index contributed by atoms with van der Waals surface area (Å²) in [5.74, 6) is 0.767. The minimum absolute atomic E-state index is 0.767. The molecule has 1 rings (SSSR count). The number of nitrogens with zero attached hydrogens (tertiary/aromatic N) is 1. The Balaban J connectivity index is 2.21. The summed E-state index contributed by atoms with van der Waals surface area (Å²) in [5, 5.41) is 3.59. The van der Waals surface area contributed by atoms with Crippen LogP contribution in [0.5, 0.6) is 0 Å². The van der Waals surface area contributed by atoms with Crippen LogP contribution in [0.3, 0.4) is 0 Å². The molecule has 1 aliphatic rings. The topological polar surface area (TPSA) is 15.3 Å². The van der Waals surface area contributed by atoms with Crippen molar-refractivity contribution in [3.05, 3.63) is 0 Å². The summed E-state index contributed by atoms with van der Waals surface area (Å²) in [6.07, 6.45) is 5.53. The molecule has 0 amide bonds. The zero-order valence-electron chi connectivity index (χ0n) is 10.8. The van der Waals surface area contributed by atoms with Crippen molar-refractivity contribution in [1.29, 1.82) is 0 Å². The van der Waals surface area contributed by atoms with E-state index >= 15 is 0 Å². The summed E-state index contributed by atoms with van der Waals surface area (Å²) < 4.78 is 0. The Morgan fingerprint density at radius 2 is 1.73 bits per heavy atom. The van der Waals surface area contributed by atoms with Gasteiger partial charge in [0.15, 0.2) is 0 Å². The van der Waals surface area contributed by atoms with E-state index in [1.54, 1.807) is 0 Å². The van der Waals surface area contributed by atoms with Crippen LogP contribution in [-0.2, 0) is 0 Å². The Bertz CT molecular complexity index is 151. The molecule has 1 atom stereocenters. The van der Waals surface area contributed by atoms with Crippen molar-refractivity contribution < 1.29 is 0 Å². The zero-order valence-corrected chi connectivity index (χ0v) is 10.8. The summed E-state index contributed by atoms with van der Waals surface area (Å²) in [6.45, 7) is 11.8. The molecule has 90 valence electrons. The second kappa shape index (κ2) is 7.24. The monoisotopic (exact) mass is 212 g/mol. The number of hydrogen-bond donors (Lipinski definition) is 1. The molecule has 0 bridgehead atoms. The maximum Gasteiger partial charge on any atom is 0.0218 e. The third-order valence-corrected chi connectivity index (χ3v) is 3.31. The Morgan fingerprint density at radius 3 is 2.27 bits per heavy atom. The second-order valence-electron chi connectivity index (χ2n) is 5.21. The highest BCUT2D eigenvalue weighted by molar-refractivity contribution is 4.75. The minimum atomic E-state index is 0.767. The summed E-state index contributed by atoms with van der Waals surface area (Å²) >= 11 is 0. The SMILES string of the molecule is CCC(CNCC(C)C)N1CCCCC1. The highest BCUT2D eigenvalue weighted by atomic mass is 15.2. The Morgan fingerprint density at radius 1 is 1.07 bits per heavy atom. The number of rotatable bonds is 6. The normalized spacial score (nSPS) is 20.8. The van der Waals surface area contributed by atoms with Crippen LogP contribution >= 0.6 is 0 Å². The molecule has 0 radical (unpaired) electrons. The van der Waals surface area contributed by atoms with Crippen LogP contribution in [0.4, 0.5) is 0 Å². The van der Waals surface area contributed by atoms with Crippen LogP contribution in [0.15, 0.2) is 0 Å². The molecule has 1 aliphatic heterocycles. The predicted molar refractivity (Wildman–Crippen MR) is 67.2 cm³/mol. The highest BCUT2D eigenvalue weighted by Crippen LogP contribution is 2.13. The average Bonchev–Trinajstić information content (AvgIpc) is 2.25. The molecule has 15 heavy (non-hydrogen) atoms. The lowest BCUT2D eigenvalue weighted by Crippen LogP contribution is -2.45. The van der Waals surface area contributed by atoms with Gasteiger partial charge in [-0.2, -0.15) is 0 Å². The lowest BCUT2D eigenvalue weighted by molar-refractivity contribution is 0.155. The molecule has 0 spiro atoms. The van der Waals surface area contributed by atoms with Crippen molar-refractivity contribution in [3.63, 3.8) is 0 Å². The lowest BCUT2D eigenvalue weighted by atomic mass is 10.1. The first kappa shape index (κ1) is 13.0. The van der Waals surface area contributed by atoms with Crippen molar-refractivity contribution in [2.24, 2.45) is 5.92 Å². The predicted octanol–water partition coefficient (Wildman–Crippen LogP) is 2.50. The van der Waals surface area contributed by atoms with E-state index in [-0.39, 0.29) is 0 Å². The first-order valence-corrected chi connectivity index (χ1v) is 6.68. The van der Waals surface area contributed by atoms with E-state index in [4.69, 9.17) is 0 Å². The molecular weight excluding hydrogens is 184 g/mol. The molecule has 1 saturated heterocycles. The van der Waals surface area contributed by atoms with E-state index in [9.17, 15) is 0 Å². The van der Waals surface area contributed by atoms with Gasteiger partial charge in [0, 0.05) is 12.6 Å². The van der Waals surface area contributed by atoms with Crippen LogP contribution < -0.4 is 5.32 Å². The van der Waals surface area contributed by atoms with E-state index in [0.717, 1.165) is 18.5 Å². The number of nitrogens with one attached hydrogen (secondary N) is 1. The van der Waals surface area contributed by atoms with E-state index in [1.807, 2.05) is 0 Å². The molecule has 2 heteroatoms. The smallest absolute Gasteiger partial charge is 0.0218 e. The number of hydrogen-bond acceptors (Lipinski definition) is 2. The molecule has 1 N–H and O–H groups in total. The maximum absolute atomic E-state index is 3.59. The van der Waals surface area contributed by atoms with E-state index in [2.05, 4.69) is 31.0 Å². The summed E-state index contributed by atoms with van der Waals surface area (Å²) in [4.78, 5) is 2.68. The minimum Gasteiger partial charge on any atom is -0.315 e. The standard InChI is InChI=1S/C13H28N2/c1-4-13(11-14-10-12(2)3)15-8-6-5-7-9-15/h12-14H,4-11H2,1-3H3. The molecule has 1 fully saturated rings. The summed E-state index contributed by atoms with van der Waals surface area (Å²) in [5.41, 5.74) is 0. The lowest BCUT2D eigenvalue weighted by Gasteiger charge is -2.34. The molecule has 0 saturated carbocycles. The van der Waals surface area contributed by atoms with Crippen LogP contribution in [0.2, 0.25) is 0 Å². The maximum atomic E-state index is 3.59. The average molecular weight is 212 g/mol. The van der Waals surface area contributed by atoms with Crippen LogP contribution in [0.1, 0.15) is 46.5 Å². The third-order valence-electron chi connectivity index (χ3n) is 3.31. The fourth-order valence-corrected chi connectivity index (χ4v) is 2.35. The van der Waals surface area contributed by atoms with Gasteiger partial charge in [0.25, 0.3) is 0 Å². The van der Waals surface area contributed by atoms with Crippen molar-refractivity contribution in [2.45, 2.75) is 52.5 Å².